The van der Waals surface area contributed by atoms with Crippen molar-refractivity contribution in [2.24, 2.45) is 0 Å². The second-order valence-electron chi connectivity index (χ2n) is 5.16. The van der Waals surface area contributed by atoms with Crippen molar-refractivity contribution in [2.45, 2.75) is 42.2 Å². The third kappa shape index (κ3) is 2.63. The first-order valence-corrected chi connectivity index (χ1v) is 8.69. The van der Waals surface area contributed by atoms with E-state index < -0.39 is 11.2 Å². The molecule has 0 bridgehead atoms. The zero-order valence-corrected chi connectivity index (χ0v) is 12.2. The van der Waals surface area contributed by atoms with Crippen LogP contribution in [-0.4, -0.2) is 15.0 Å². The molecule has 0 saturated carbocycles. The van der Waals surface area contributed by atoms with Crippen LogP contribution in [0.1, 0.15) is 35.8 Å². The van der Waals surface area contributed by atoms with Crippen LogP contribution < -0.4 is 0 Å². The van der Waals surface area contributed by atoms with Crippen LogP contribution in [-0.2, 0) is 6.42 Å². The van der Waals surface area contributed by atoms with E-state index in [-0.39, 0.29) is 15.0 Å². The molecule has 0 amide bonds. The van der Waals surface area contributed by atoms with Gasteiger partial charge < -0.3 is 0 Å². The summed E-state index contributed by atoms with van der Waals surface area (Å²) >= 11 is 0.210. The SMILES string of the molecule is [2H]C([2H])([2H])C1(Cc2ccc3ccccc3c2)CCCC[Se]1. The summed E-state index contributed by atoms with van der Waals surface area (Å²) in [5.74, 6) is 0. The van der Waals surface area contributed by atoms with Crippen LogP contribution in [0.2, 0.25) is 9.63 Å². The summed E-state index contributed by atoms with van der Waals surface area (Å²) in [6.07, 6.45) is 3.83. The molecule has 0 aromatic heterocycles. The number of fused-ring (bicyclic) bond motifs is 1. The van der Waals surface area contributed by atoms with Gasteiger partial charge in [-0.25, -0.2) is 0 Å². The molecule has 1 atom stereocenters. The monoisotopic (exact) mass is 307 g/mol. The van der Waals surface area contributed by atoms with Gasteiger partial charge in [-0.2, -0.15) is 0 Å². The molecular weight excluding hydrogens is 283 g/mol. The normalized spacial score (nSPS) is 27.4. The van der Waals surface area contributed by atoms with Gasteiger partial charge >= 0.3 is 120 Å². The van der Waals surface area contributed by atoms with Crippen molar-refractivity contribution in [3.63, 3.8) is 0 Å². The van der Waals surface area contributed by atoms with Gasteiger partial charge in [0, 0.05) is 0 Å². The quantitative estimate of drug-likeness (QED) is 0.695. The summed E-state index contributed by atoms with van der Waals surface area (Å²) in [6.45, 7) is -1.83. The molecular formula is C17H20Se. The van der Waals surface area contributed by atoms with Crippen molar-refractivity contribution in [1.29, 1.82) is 0 Å². The first-order valence-electron chi connectivity index (χ1n) is 8.12. The molecule has 1 saturated heterocycles. The Labute approximate surface area is 120 Å². The second-order valence-corrected chi connectivity index (χ2v) is 8.26. The predicted molar refractivity (Wildman–Crippen MR) is 80.4 cm³/mol. The Hall–Kier alpha value is -0.781. The molecule has 94 valence electrons. The molecule has 0 N–H and O–H groups in total. The Bertz CT molecular complexity index is 627. The van der Waals surface area contributed by atoms with E-state index >= 15 is 0 Å². The molecule has 1 heteroatoms. The summed E-state index contributed by atoms with van der Waals surface area (Å²) in [5, 5.41) is 3.54. The number of hydrogen-bond donors (Lipinski definition) is 0. The fourth-order valence-electron chi connectivity index (χ4n) is 2.67. The average molecular weight is 306 g/mol. The van der Waals surface area contributed by atoms with Crippen LogP contribution in [0.25, 0.3) is 10.8 Å². The third-order valence-electron chi connectivity index (χ3n) is 3.66. The first-order chi connectivity index (χ1) is 10.0. The van der Waals surface area contributed by atoms with Gasteiger partial charge in [0.1, 0.15) is 0 Å². The molecule has 2 aromatic rings. The van der Waals surface area contributed by atoms with E-state index in [4.69, 9.17) is 4.11 Å². The molecule has 0 nitrogen and oxygen atoms in total. The van der Waals surface area contributed by atoms with Gasteiger partial charge in [0.2, 0.25) is 0 Å². The third-order valence-corrected chi connectivity index (χ3v) is 6.58. The molecule has 0 spiro atoms. The Morgan fingerprint density at radius 3 is 2.83 bits per heavy atom. The van der Waals surface area contributed by atoms with Gasteiger partial charge in [0.25, 0.3) is 0 Å². The van der Waals surface area contributed by atoms with Crippen molar-refractivity contribution in [3.05, 3.63) is 48.0 Å². The molecule has 1 heterocycles. The number of benzene rings is 2. The number of rotatable bonds is 2. The topological polar surface area (TPSA) is 0 Å². The fraction of sp³-hybridized carbons (Fsp3) is 0.412. The van der Waals surface area contributed by atoms with Crippen molar-refractivity contribution in [1.82, 2.24) is 0 Å². The average Bonchev–Trinajstić information content (AvgIpc) is 2.47. The standard InChI is InChI=1S/C17H20Se/c1-17(10-4-5-11-18-17)13-14-8-9-15-6-2-3-7-16(15)12-14/h2-3,6-9,12H,4-5,10-11,13H2,1H3/i1D3. The molecule has 1 fully saturated rings. The Balaban J connectivity index is 1.94. The van der Waals surface area contributed by atoms with E-state index in [1.54, 1.807) is 0 Å². The molecule has 0 aliphatic carbocycles. The number of hydrogen-bond acceptors (Lipinski definition) is 0. The van der Waals surface area contributed by atoms with E-state index in [0.29, 0.717) is 6.42 Å². The maximum atomic E-state index is 8.04. The molecule has 3 rings (SSSR count). The van der Waals surface area contributed by atoms with Gasteiger partial charge in [-0.1, -0.05) is 0 Å². The Morgan fingerprint density at radius 2 is 2.06 bits per heavy atom. The minimum absolute atomic E-state index is 0.210. The van der Waals surface area contributed by atoms with E-state index in [1.165, 1.54) is 22.8 Å². The van der Waals surface area contributed by atoms with Crippen LogP contribution in [0.15, 0.2) is 42.5 Å². The van der Waals surface area contributed by atoms with Crippen LogP contribution in [0.5, 0.6) is 0 Å². The van der Waals surface area contributed by atoms with Gasteiger partial charge in [-0.15, -0.1) is 0 Å². The fourth-order valence-corrected chi connectivity index (χ4v) is 5.39. The van der Waals surface area contributed by atoms with Gasteiger partial charge in [0.05, 0.1) is 0 Å². The predicted octanol–water partition coefficient (Wildman–Crippen LogP) is 4.87. The van der Waals surface area contributed by atoms with E-state index in [2.05, 4.69) is 30.3 Å². The Kier molecular flexibility index (Phi) is 2.58. The summed E-state index contributed by atoms with van der Waals surface area (Å²) in [4.78, 5) is 0. The first kappa shape index (κ1) is 9.18. The molecule has 1 aliphatic heterocycles. The zero-order valence-electron chi connectivity index (χ0n) is 13.5. The van der Waals surface area contributed by atoms with Gasteiger partial charge in [-0.3, -0.25) is 0 Å². The molecule has 18 heavy (non-hydrogen) atoms. The van der Waals surface area contributed by atoms with Crippen molar-refractivity contribution >= 4 is 25.7 Å². The Morgan fingerprint density at radius 1 is 1.17 bits per heavy atom. The molecule has 0 radical (unpaired) electrons. The summed E-state index contributed by atoms with van der Waals surface area (Å²) in [7, 11) is 0. The summed E-state index contributed by atoms with van der Waals surface area (Å²) in [6, 6.07) is 14.7. The van der Waals surface area contributed by atoms with Crippen LogP contribution in [0, 0.1) is 0 Å². The minimum atomic E-state index is -1.83. The van der Waals surface area contributed by atoms with E-state index in [1.807, 2.05) is 12.1 Å². The van der Waals surface area contributed by atoms with Crippen molar-refractivity contribution in [2.75, 3.05) is 0 Å². The second kappa shape index (κ2) is 5.07. The van der Waals surface area contributed by atoms with E-state index in [9.17, 15) is 0 Å². The summed E-state index contributed by atoms with van der Waals surface area (Å²) < 4.78 is 23.6. The zero-order chi connectivity index (χ0) is 14.9. The van der Waals surface area contributed by atoms with Crippen molar-refractivity contribution < 1.29 is 4.11 Å². The molecule has 1 aliphatic rings. The van der Waals surface area contributed by atoms with Crippen LogP contribution in [0.3, 0.4) is 0 Å². The van der Waals surface area contributed by atoms with Gasteiger partial charge in [0.15, 0.2) is 0 Å². The van der Waals surface area contributed by atoms with Crippen LogP contribution in [0.4, 0.5) is 0 Å². The summed E-state index contributed by atoms with van der Waals surface area (Å²) in [5.41, 5.74) is 1.17. The van der Waals surface area contributed by atoms with Crippen molar-refractivity contribution in [3.8, 4) is 0 Å². The van der Waals surface area contributed by atoms with E-state index in [0.717, 1.165) is 18.2 Å². The van der Waals surface area contributed by atoms with Gasteiger partial charge in [-0.05, 0) is 0 Å². The van der Waals surface area contributed by atoms with Crippen LogP contribution >= 0.6 is 0 Å². The molecule has 2 aromatic carbocycles. The maximum absolute atomic E-state index is 8.04. The molecule has 1 unspecified atom stereocenters.